The maximum absolute atomic E-state index is 10.4. The normalized spacial score (nSPS) is 11.2. The molecule has 0 aromatic carbocycles. The van der Waals surface area contributed by atoms with Crippen LogP contribution in [0, 0.1) is 6.26 Å². The first kappa shape index (κ1) is 8.69. The van der Waals surface area contributed by atoms with Crippen molar-refractivity contribution in [3.8, 4) is 0 Å². The SMILES string of the molecule is [CH2]S(=O)(=O)CCCC=C. The van der Waals surface area contributed by atoms with E-state index in [4.69, 9.17) is 0 Å². The Morgan fingerprint density at radius 2 is 2.00 bits per heavy atom. The van der Waals surface area contributed by atoms with E-state index < -0.39 is 9.84 Å². The Bertz CT molecular complexity index is 167. The Kier molecular flexibility index (Phi) is 3.54. The molecule has 0 spiro atoms. The van der Waals surface area contributed by atoms with Crippen molar-refractivity contribution in [1.82, 2.24) is 0 Å². The Hall–Kier alpha value is -0.310. The van der Waals surface area contributed by atoms with Crippen LogP contribution in [0.15, 0.2) is 12.7 Å². The van der Waals surface area contributed by atoms with Gasteiger partial charge in [0.1, 0.15) is 0 Å². The quantitative estimate of drug-likeness (QED) is 0.441. The summed E-state index contributed by atoms with van der Waals surface area (Å²) < 4.78 is 20.7. The lowest BCUT2D eigenvalue weighted by Crippen LogP contribution is -1.98. The minimum atomic E-state index is -2.99. The molecular weight excluding hydrogens is 136 g/mol. The number of allylic oxidation sites excluding steroid dienone is 1. The van der Waals surface area contributed by atoms with Crippen LogP contribution in [0.5, 0.6) is 0 Å². The standard InChI is InChI=1S/C6H11O2S/c1-3-4-5-6-9(2,7)8/h3H,1-2,4-6H2. The number of sulfone groups is 1. The molecule has 0 saturated heterocycles. The van der Waals surface area contributed by atoms with Gasteiger partial charge in [0.15, 0.2) is 9.84 Å². The fourth-order valence-electron chi connectivity index (χ4n) is 0.448. The third kappa shape index (κ3) is 7.69. The van der Waals surface area contributed by atoms with E-state index in [0.717, 1.165) is 6.42 Å². The zero-order valence-corrected chi connectivity index (χ0v) is 6.15. The molecule has 0 amide bonds. The second-order valence-corrected chi connectivity index (χ2v) is 3.77. The second kappa shape index (κ2) is 3.67. The van der Waals surface area contributed by atoms with Gasteiger partial charge in [-0.15, -0.1) is 6.58 Å². The minimum Gasteiger partial charge on any atom is -0.229 e. The summed E-state index contributed by atoms with van der Waals surface area (Å²) in [6.45, 7) is 3.47. The predicted octanol–water partition coefficient (Wildman–Crippen LogP) is 1.16. The third-order valence-electron chi connectivity index (χ3n) is 0.864. The van der Waals surface area contributed by atoms with Crippen molar-refractivity contribution in [2.75, 3.05) is 5.75 Å². The van der Waals surface area contributed by atoms with Crippen LogP contribution in [0.3, 0.4) is 0 Å². The van der Waals surface area contributed by atoms with E-state index >= 15 is 0 Å². The Morgan fingerprint density at radius 1 is 1.44 bits per heavy atom. The molecule has 0 aliphatic heterocycles. The van der Waals surface area contributed by atoms with Gasteiger partial charge >= 0.3 is 0 Å². The number of hydrogen-bond acceptors (Lipinski definition) is 2. The van der Waals surface area contributed by atoms with Crippen molar-refractivity contribution >= 4 is 9.84 Å². The van der Waals surface area contributed by atoms with E-state index in [9.17, 15) is 8.42 Å². The van der Waals surface area contributed by atoms with E-state index in [1.54, 1.807) is 6.08 Å². The summed E-state index contributed by atoms with van der Waals surface area (Å²) in [4.78, 5) is 0. The van der Waals surface area contributed by atoms with Crippen molar-refractivity contribution in [2.24, 2.45) is 0 Å². The molecule has 0 aromatic heterocycles. The molecule has 0 atom stereocenters. The van der Waals surface area contributed by atoms with Gasteiger partial charge in [-0.05, 0) is 12.8 Å². The van der Waals surface area contributed by atoms with E-state index in [1.165, 1.54) is 0 Å². The summed E-state index contributed by atoms with van der Waals surface area (Å²) in [5.74, 6) is 0.166. The molecule has 0 heterocycles. The maximum Gasteiger partial charge on any atom is 0.151 e. The van der Waals surface area contributed by atoms with Crippen LogP contribution in [-0.4, -0.2) is 14.2 Å². The first-order valence-corrected chi connectivity index (χ1v) is 4.55. The molecule has 3 heteroatoms. The molecule has 0 N–H and O–H groups in total. The predicted molar refractivity (Wildman–Crippen MR) is 38.6 cm³/mol. The highest BCUT2D eigenvalue weighted by molar-refractivity contribution is 7.92. The fourth-order valence-corrected chi connectivity index (χ4v) is 1.05. The van der Waals surface area contributed by atoms with E-state index in [-0.39, 0.29) is 5.75 Å². The highest BCUT2D eigenvalue weighted by Gasteiger charge is 1.98. The Morgan fingerprint density at radius 3 is 2.33 bits per heavy atom. The van der Waals surface area contributed by atoms with Crippen LogP contribution < -0.4 is 0 Å². The number of rotatable bonds is 4. The summed E-state index contributed by atoms with van der Waals surface area (Å²) in [7, 11) is -2.99. The smallest absolute Gasteiger partial charge is 0.151 e. The largest absolute Gasteiger partial charge is 0.229 e. The zero-order valence-electron chi connectivity index (χ0n) is 5.34. The van der Waals surface area contributed by atoms with Gasteiger partial charge in [-0.3, -0.25) is 0 Å². The van der Waals surface area contributed by atoms with Gasteiger partial charge in [-0.25, -0.2) is 8.42 Å². The topological polar surface area (TPSA) is 34.1 Å². The lowest BCUT2D eigenvalue weighted by Gasteiger charge is -1.91. The summed E-state index contributed by atoms with van der Waals surface area (Å²) in [6.07, 6.45) is 6.06. The van der Waals surface area contributed by atoms with Crippen molar-refractivity contribution in [3.63, 3.8) is 0 Å². The molecule has 0 rings (SSSR count). The zero-order chi connectivity index (χ0) is 7.33. The second-order valence-electron chi connectivity index (χ2n) is 1.88. The molecule has 0 aromatic rings. The molecule has 53 valence electrons. The van der Waals surface area contributed by atoms with Gasteiger partial charge in [-0.1, -0.05) is 6.08 Å². The van der Waals surface area contributed by atoms with Crippen LogP contribution in [0.1, 0.15) is 12.8 Å². The van der Waals surface area contributed by atoms with Gasteiger partial charge in [0.25, 0.3) is 0 Å². The molecule has 0 unspecified atom stereocenters. The van der Waals surface area contributed by atoms with Gasteiger partial charge in [0.2, 0.25) is 0 Å². The fraction of sp³-hybridized carbons (Fsp3) is 0.500. The lowest BCUT2D eigenvalue weighted by molar-refractivity contribution is 0.602. The third-order valence-corrected chi connectivity index (χ3v) is 1.77. The van der Waals surface area contributed by atoms with Crippen molar-refractivity contribution < 1.29 is 8.42 Å². The molecule has 0 bridgehead atoms. The van der Waals surface area contributed by atoms with E-state index in [1.807, 2.05) is 0 Å². The monoisotopic (exact) mass is 147 g/mol. The van der Waals surface area contributed by atoms with Gasteiger partial charge < -0.3 is 0 Å². The summed E-state index contributed by atoms with van der Waals surface area (Å²) in [6, 6.07) is 0. The van der Waals surface area contributed by atoms with Crippen LogP contribution in [0.25, 0.3) is 0 Å². The summed E-state index contributed by atoms with van der Waals surface area (Å²) in [5, 5.41) is 0. The van der Waals surface area contributed by atoms with Crippen LogP contribution in [0.2, 0.25) is 0 Å². The van der Waals surface area contributed by atoms with Crippen molar-refractivity contribution in [3.05, 3.63) is 18.9 Å². The van der Waals surface area contributed by atoms with Crippen molar-refractivity contribution in [1.29, 1.82) is 0 Å². The molecule has 1 radical (unpaired) electrons. The van der Waals surface area contributed by atoms with E-state index in [0.29, 0.717) is 6.42 Å². The first-order valence-electron chi connectivity index (χ1n) is 2.73. The molecule has 0 saturated carbocycles. The average molecular weight is 147 g/mol. The first-order chi connectivity index (χ1) is 4.06. The highest BCUT2D eigenvalue weighted by Crippen LogP contribution is 1.94. The van der Waals surface area contributed by atoms with Gasteiger partial charge in [0.05, 0.1) is 12.0 Å². The molecule has 0 aliphatic rings. The molecular formula is C6H11O2S. The number of unbranched alkanes of at least 4 members (excludes halogenated alkanes) is 1. The molecule has 0 aliphatic carbocycles. The Balaban J connectivity index is 3.40. The average Bonchev–Trinajstić information content (AvgIpc) is 1.63. The number of hydrogen-bond donors (Lipinski definition) is 0. The Labute approximate surface area is 56.5 Å². The lowest BCUT2D eigenvalue weighted by atomic mass is 10.3. The van der Waals surface area contributed by atoms with Crippen molar-refractivity contribution in [2.45, 2.75) is 12.8 Å². The maximum atomic E-state index is 10.4. The van der Waals surface area contributed by atoms with Crippen LogP contribution >= 0.6 is 0 Å². The minimum absolute atomic E-state index is 0.166. The van der Waals surface area contributed by atoms with Gasteiger partial charge in [-0.2, -0.15) is 0 Å². The summed E-state index contributed by atoms with van der Waals surface area (Å²) in [5.41, 5.74) is 0. The highest BCUT2D eigenvalue weighted by atomic mass is 32.2. The van der Waals surface area contributed by atoms with Gasteiger partial charge in [0, 0.05) is 0 Å². The van der Waals surface area contributed by atoms with Crippen LogP contribution in [0.4, 0.5) is 0 Å². The van der Waals surface area contributed by atoms with Crippen LogP contribution in [-0.2, 0) is 9.84 Å². The molecule has 0 fully saturated rings. The summed E-state index contributed by atoms with van der Waals surface area (Å²) >= 11 is 0. The molecule has 2 nitrogen and oxygen atoms in total. The van der Waals surface area contributed by atoms with E-state index in [2.05, 4.69) is 12.8 Å². The molecule has 9 heavy (non-hydrogen) atoms.